The van der Waals surface area contributed by atoms with Gasteiger partial charge < -0.3 is 0 Å². The van der Waals surface area contributed by atoms with Gasteiger partial charge in [-0.1, -0.05) is 49.4 Å². The summed E-state index contributed by atoms with van der Waals surface area (Å²) in [6, 6.07) is 10.8. The van der Waals surface area contributed by atoms with E-state index in [0.717, 1.165) is 5.92 Å². The Balaban J connectivity index is 2.23. The van der Waals surface area contributed by atoms with Crippen LogP contribution in [0.15, 0.2) is 42.5 Å². The Labute approximate surface area is 80.3 Å². The molecule has 2 atom stereocenters. The molecule has 0 spiro atoms. The van der Waals surface area contributed by atoms with Gasteiger partial charge in [-0.3, -0.25) is 0 Å². The van der Waals surface area contributed by atoms with Gasteiger partial charge in [-0.05, 0) is 30.2 Å². The van der Waals surface area contributed by atoms with Gasteiger partial charge in [0.15, 0.2) is 0 Å². The monoisotopic (exact) mass is 172 g/mol. The van der Waals surface area contributed by atoms with Gasteiger partial charge in [0.25, 0.3) is 0 Å². The topological polar surface area (TPSA) is 0 Å². The minimum atomic E-state index is 0.716. The van der Waals surface area contributed by atoms with Gasteiger partial charge in [-0.15, -0.1) is 0 Å². The zero-order valence-corrected chi connectivity index (χ0v) is 8.16. The molecular formula is C13H16. The molecule has 1 aromatic rings. The molecule has 13 heavy (non-hydrogen) atoms. The maximum Gasteiger partial charge on any atom is -0.00961 e. The Hall–Kier alpha value is -1.04. The number of hydrogen-bond acceptors (Lipinski definition) is 0. The molecule has 0 unspecified atom stereocenters. The molecule has 0 nitrogen and oxygen atoms in total. The van der Waals surface area contributed by atoms with Crippen molar-refractivity contribution in [1.82, 2.24) is 0 Å². The van der Waals surface area contributed by atoms with Crippen molar-refractivity contribution in [3.05, 3.63) is 48.0 Å². The first-order valence-electron chi connectivity index (χ1n) is 4.99. The van der Waals surface area contributed by atoms with E-state index < -0.39 is 0 Å². The third kappa shape index (κ3) is 1.67. The van der Waals surface area contributed by atoms with E-state index in [1.165, 1.54) is 24.0 Å². The van der Waals surface area contributed by atoms with Crippen LogP contribution in [0, 0.1) is 5.92 Å². The van der Waals surface area contributed by atoms with E-state index >= 15 is 0 Å². The van der Waals surface area contributed by atoms with E-state index in [1.54, 1.807) is 0 Å². The number of hydrogen-bond donors (Lipinski definition) is 0. The van der Waals surface area contributed by atoms with E-state index in [0.29, 0.717) is 5.92 Å². The summed E-state index contributed by atoms with van der Waals surface area (Å²) in [6.45, 7) is 6.41. The molecule has 68 valence electrons. The summed E-state index contributed by atoms with van der Waals surface area (Å²) in [6.07, 6.45) is 2.39. The highest BCUT2D eigenvalue weighted by Crippen LogP contribution is 2.41. The van der Waals surface area contributed by atoms with Crippen LogP contribution in [-0.2, 0) is 0 Å². The summed E-state index contributed by atoms with van der Waals surface area (Å²) < 4.78 is 0. The lowest BCUT2D eigenvalue weighted by Gasteiger charge is -2.14. The summed E-state index contributed by atoms with van der Waals surface area (Å²) in [5.41, 5.74) is 2.90. The largest absolute Gasteiger partial charge is 0.0998 e. The fourth-order valence-corrected chi connectivity index (χ4v) is 2.34. The van der Waals surface area contributed by atoms with Gasteiger partial charge in [-0.25, -0.2) is 0 Å². The number of benzene rings is 1. The summed E-state index contributed by atoms with van der Waals surface area (Å²) in [5, 5.41) is 0. The van der Waals surface area contributed by atoms with Crippen molar-refractivity contribution >= 4 is 0 Å². The van der Waals surface area contributed by atoms with Crippen molar-refractivity contribution in [2.24, 2.45) is 5.92 Å². The van der Waals surface area contributed by atoms with E-state index in [1.807, 2.05) is 0 Å². The molecule has 0 saturated heterocycles. The van der Waals surface area contributed by atoms with Crippen molar-refractivity contribution in [2.75, 3.05) is 0 Å². The molecule has 1 aromatic carbocycles. The normalized spacial score (nSPS) is 27.9. The van der Waals surface area contributed by atoms with Crippen molar-refractivity contribution < 1.29 is 0 Å². The molecule has 0 bridgehead atoms. The lowest BCUT2D eigenvalue weighted by Crippen LogP contribution is -2.00. The van der Waals surface area contributed by atoms with Crippen LogP contribution in [0.4, 0.5) is 0 Å². The maximum absolute atomic E-state index is 4.08. The standard InChI is InChI=1S/C13H16/c1-10-8-11(2)13(9-10)12-6-4-3-5-7-12/h3-7,11,13H,1,8-9H2,2H3/t11-,13+/m0/s1. The maximum atomic E-state index is 4.08. The minimum Gasteiger partial charge on any atom is -0.0998 e. The SMILES string of the molecule is C=C1C[C@H](C)[C@H](c2ccccc2)C1. The first kappa shape index (κ1) is 8.55. The molecule has 1 saturated carbocycles. The summed E-state index contributed by atoms with van der Waals surface area (Å²) >= 11 is 0. The van der Waals surface area contributed by atoms with Gasteiger partial charge in [0.05, 0.1) is 0 Å². The van der Waals surface area contributed by atoms with E-state index in [-0.39, 0.29) is 0 Å². The van der Waals surface area contributed by atoms with Crippen LogP contribution in [0.3, 0.4) is 0 Å². The molecule has 0 N–H and O–H groups in total. The third-order valence-corrected chi connectivity index (χ3v) is 3.03. The molecular weight excluding hydrogens is 156 g/mol. The molecule has 0 aliphatic heterocycles. The smallest absolute Gasteiger partial charge is 0.00961 e. The molecule has 1 aliphatic carbocycles. The van der Waals surface area contributed by atoms with Gasteiger partial charge in [0.1, 0.15) is 0 Å². The van der Waals surface area contributed by atoms with Crippen LogP contribution < -0.4 is 0 Å². The molecule has 2 rings (SSSR count). The molecule has 1 aliphatic rings. The minimum absolute atomic E-state index is 0.716. The number of rotatable bonds is 1. The average Bonchev–Trinajstić information content (AvgIpc) is 2.47. The summed E-state index contributed by atoms with van der Waals surface area (Å²) in [5.74, 6) is 1.49. The fourth-order valence-electron chi connectivity index (χ4n) is 2.34. The van der Waals surface area contributed by atoms with Crippen molar-refractivity contribution in [1.29, 1.82) is 0 Å². The van der Waals surface area contributed by atoms with Crippen molar-refractivity contribution in [3.63, 3.8) is 0 Å². The van der Waals surface area contributed by atoms with Gasteiger partial charge in [0.2, 0.25) is 0 Å². The van der Waals surface area contributed by atoms with E-state index in [2.05, 4.69) is 43.8 Å². The predicted molar refractivity (Wildman–Crippen MR) is 56.7 cm³/mol. The third-order valence-electron chi connectivity index (χ3n) is 3.03. The van der Waals surface area contributed by atoms with Crippen LogP contribution in [0.5, 0.6) is 0 Å². The van der Waals surface area contributed by atoms with Gasteiger partial charge in [-0.2, -0.15) is 0 Å². The average molecular weight is 172 g/mol. The van der Waals surface area contributed by atoms with Gasteiger partial charge in [0, 0.05) is 0 Å². The fraction of sp³-hybridized carbons (Fsp3) is 0.385. The Morgan fingerprint density at radius 2 is 1.85 bits per heavy atom. The Morgan fingerprint density at radius 1 is 1.15 bits per heavy atom. The highest BCUT2D eigenvalue weighted by molar-refractivity contribution is 5.25. The summed E-state index contributed by atoms with van der Waals surface area (Å²) in [4.78, 5) is 0. The predicted octanol–water partition coefficient (Wildman–Crippen LogP) is 3.76. The quantitative estimate of drug-likeness (QED) is 0.566. The van der Waals surface area contributed by atoms with Crippen LogP contribution in [0.2, 0.25) is 0 Å². The molecule has 0 aromatic heterocycles. The van der Waals surface area contributed by atoms with Crippen LogP contribution in [0.1, 0.15) is 31.2 Å². The zero-order chi connectivity index (χ0) is 9.26. The second kappa shape index (κ2) is 3.37. The first-order valence-corrected chi connectivity index (χ1v) is 4.99. The first-order chi connectivity index (χ1) is 6.27. The van der Waals surface area contributed by atoms with Crippen LogP contribution in [0.25, 0.3) is 0 Å². The molecule has 0 amide bonds. The van der Waals surface area contributed by atoms with E-state index in [9.17, 15) is 0 Å². The lowest BCUT2D eigenvalue weighted by molar-refractivity contribution is 0.534. The Morgan fingerprint density at radius 3 is 2.38 bits per heavy atom. The van der Waals surface area contributed by atoms with Crippen LogP contribution in [-0.4, -0.2) is 0 Å². The molecule has 1 fully saturated rings. The van der Waals surface area contributed by atoms with E-state index in [4.69, 9.17) is 0 Å². The summed E-state index contributed by atoms with van der Waals surface area (Å²) in [7, 11) is 0. The molecule has 0 heteroatoms. The Bertz CT molecular complexity index is 297. The highest BCUT2D eigenvalue weighted by Gasteiger charge is 2.26. The lowest BCUT2D eigenvalue weighted by atomic mass is 9.90. The molecule has 0 heterocycles. The Kier molecular flexibility index (Phi) is 2.22. The second-order valence-corrected chi connectivity index (χ2v) is 4.15. The zero-order valence-electron chi connectivity index (χ0n) is 8.16. The van der Waals surface area contributed by atoms with Crippen molar-refractivity contribution in [3.8, 4) is 0 Å². The van der Waals surface area contributed by atoms with Crippen molar-refractivity contribution in [2.45, 2.75) is 25.7 Å². The van der Waals surface area contributed by atoms with Gasteiger partial charge >= 0.3 is 0 Å². The number of allylic oxidation sites excluding steroid dienone is 1. The highest BCUT2D eigenvalue weighted by atomic mass is 14.3. The second-order valence-electron chi connectivity index (χ2n) is 4.15. The molecule has 0 radical (unpaired) electrons. The van der Waals surface area contributed by atoms with Crippen LogP contribution >= 0.6 is 0 Å².